The fourth-order valence-corrected chi connectivity index (χ4v) is 1.81. The van der Waals surface area contributed by atoms with E-state index in [1.54, 1.807) is 14.2 Å². The lowest BCUT2D eigenvalue weighted by Crippen LogP contribution is -2.00. The van der Waals surface area contributed by atoms with Crippen molar-refractivity contribution in [2.45, 2.75) is 6.92 Å². The van der Waals surface area contributed by atoms with Crippen molar-refractivity contribution in [1.29, 1.82) is 0 Å². The molecule has 5 nitrogen and oxygen atoms in total. The average molecular weight is 245 g/mol. The van der Waals surface area contributed by atoms with Crippen LogP contribution in [0.15, 0.2) is 24.5 Å². The molecule has 0 atom stereocenters. The van der Waals surface area contributed by atoms with E-state index in [2.05, 4.69) is 9.97 Å². The number of rotatable bonds is 3. The number of nitrogens with zero attached hydrogens (tertiary/aromatic N) is 2. The maximum absolute atomic E-state index is 5.80. The lowest BCUT2D eigenvalue weighted by atomic mass is 10.1. The number of para-hydroxylation sites is 1. The predicted molar refractivity (Wildman–Crippen MR) is 69.7 cm³/mol. The van der Waals surface area contributed by atoms with Gasteiger partial charge in [0.2, 0.25) is 0 Å². The summed E-state index contributed by atoms with van der Waals surface area (Å²) in [5, 5.41) is 0. The number of methoxy groups -OCH3 is 2. The van der Waals surface area contributed by atoms with Crippen molar-refractivity contribution >= 4 is 5.82 Å². The van der Waals surface area contributed by atoms with Crippen LogP contribution in [-0.2, 0) is 0 Å². The Bertz CT molecular complexity index is 570. The Hall–Kier alpha value is -2.30. The van der Waals surface area contributed by atoms with E-state index >= 15 is 0 Å². The predicted octanol–water partition coefficient (Wildman–Crippen LogP) is 2.05. The molecule has 0 saturated carbocycles. The fourth-order valence-electron chi connectivity index (χ4n) is 1.81. The largest absolute Gasteiger partial charge is 0.493 e. The first-order chi connectivity index (χ1) is 8.69. The molecule has 2 N–H and O–H groups in total. The molecule has 0 aliphatic carbocycles. The SMILES string of the molecule is COc1cccc(-c2ncnc(N)c2C)c1OC. The van der Waals surface area contributed by atoms with Crippen molar-refractivity contribution in [3.63, 3.8) is 0 Å². The second-order valence-electron chi connectivity index (χ2n) is 3.77. The van der Waals surface area contributed by atoms with Gasteiger partial charge in [0.1, 0.15) is 12.1 Å². The summed E-state index contributed by atoms with van der Waals surface area (Å²) in [6.07, 6.45) is 1.44. The zero-order chi connectivity index (χ0) is 13.1. The highest BCUT2D eigenvalue weighted by atomic mass is 16.5. The van der Waals surface area contributed by atoms with Crippen molar-refractivity contribution in [1.82, 2.24) is 9.97 Å². The van der Waals surface area contributed by atoms with Gasteiger partial charge in [0.15, 0.2) is 11.5 Å². The lowest BCUT2D eigenvalue weighted by molar-refractivity contribution is 0.356. The molecule has 0 bridgehead atoms. The van der Waals surface area contributed by atoms with Gasteiger partial charge >= 0.3 is 0 Å². The van der Waals surface area contributed by atoms with Crippen LogP contribution in [-0.4, -0.2) is 24.2 Å². The summed E-state index contributed by atoms with van der Waals surface area (Å²) < 4.78 is 10.7. The van der Waals surface area contributed by atoms with Gasteiger partial charge in [-0.3, -0.25) is 0 Å². The summed E-state index contributed by atoms with van der Waals surface area (Å²) in [4.78, 5) is 8.22. The van der Waals surface area contributed by atoms with Gasteiger partial charge in [0.25, 0.3) is 0 Å². The highest BCUT2D eigenvalue weighted by Gasteiger charge is 2.15. The van der Waals surface area contributed by atoms with Crippen LogP contribution in [0, 0.1) is 6.92 Å². The molecule has 94 valence electrons. The molecule has 1 heterocycles. The molecule has 0 aliphatic rings. The van der Waals surface area contributed by atoms with Gasteiger partial charge in [-0.15, -0.1) is 0 Å². The normalized spacial score (nSPS) is 10.2. The third-order valence-corrected chi connectivity index (χ3v) is 2.78. The number of anilines is 1. The minimum Gasteiger partial charge on any atom is -0.493 e. The molecular formula is C13H15N3O2. The third kappa shape index (κ3) is 1.95. The molecule has 5 heteroatoms. The zero-order valence-electron chi connectivity index (χ0n) is 10.6. The molecule has 0 unspecified atom stereocenters. The summed E-state index contributed by atoms with van der Waals surface area (Å²) in [6, 6.07) is 5.63. The van der Waals surface area contributed by atoms with Crippen LogP contribution in [0.3, 0.4) is 0 Å². The van der Waals surface area contributed by atoms with Crippen molar-refractivity contribution < 1.29 is 9.47 Å². The number of nitrogens with two attached hydrogens (primary N) is 1. The van der Waals surface area contributed by atoms with Gasteiger partial charge in [0.05, 0.1) is 19.9 Å². The molecule has 1 aromatic carbocycles. The highest BCUT2D eigenvalue weighted by Crippen LogP contribution is 2.38. The van der Waals surface area contributed by atoms with E-state index in [4.69, 9.17) is 15.2 Å². The molecule has 0 spiro atoms. The summed E-state index contributed by atoms with van der Waals surface area (Å²) in [5.74, 6) is 1.76. The third-order valence-electron chi connectivity index (χ3n) is 2.78. The van der Waals surface area contributed by atoms with Gasteiger partial charge in [-0.25, -0.2) is 9.97 Å². The highest BCUT2D eigenvalue weighted by molar-refractivity contribution is 5.75. The van der Waals surface area contributed by atoms with Crippen LogP contribution in [0.4, 0.5) is 5.82 Å². The van der Waals surface area contributed by atoms with Gasteiger partial charge in [-0.1, -0.05) is 6.07 Å². The van der Waals surface area contributed by atoms with Crippen LogP contribution >= 0.6 is 0 Å². The van der Waals surface area contributed by atoms with Crippen molar-refractivity contribution in [2.75, 3.05) is 20.0 Å². The summed E-state index contributed by atoms with van der Waals surface area (Å²) in [6.45, 7) is 1.88. The Labute approximate surface area is 106 Å². The van der Waals surface area contributed by atoms with Gasteiger partial charge in [0, 0.05) is 11.1 Å². The first kappa shape index (κ1) is 12.2. The Balaban J connectivity index is 2.67. The zero-order valence-corrected chi connectivity index (χ0v) is 10.6. The Morgan fingerprint density at radius 3 is 2.56 bits per heavy atom. The molecule has 2 rings (SSSR count). The summed E-state index contributed by atoms with van der Waals surface area (Å²) in [7, 11) is 3.20. The molecule has 0 amide bonds. The second kappa shape index (κ2) is 4.91. The number of ether oxygens (including phenoxy) is 2. The number of aromatic nitrogens is 2. The van der Waals surface area contributed by atoms with Gasteiger partial charge in [-0.2, -0.15) is 0 Å². The van der Waals surface area contributed by atoms with E-state index in [9.17, 15) is 0 Å². The standard InChI is InChI=1S/C13H15N3O2/c1-8-11(15-7-16-13(8)14)9-5-4-6-10(17-2)12(9)18-3/h4-7H,1-3H3,(H2,14,15,16). The maximum atomic E-state index is 5.80. The molecule has 0 saturated heterocycles. The summed E-state index contributed by atoms with van der Waals surface area (Å²) in [5.41, 5.74) is 8.20. The van der Waals surface area contributed by atoms with E-state index in [1.807, 2.05) is 25.1 Å². The van der Waals surface area contributed by atoms with Crippen LogP contribution in [0.2, 0.25) is 0 Å². The molecule has 0 aliphatic heterocycles. The van der Waals surface area contributed by atoms with Gasteiger partial charge in [-0.05, 0) is 19.1 Å². The first-order valence-corrected chi connectivity index (χ1v) is 5.47. The van der Waals surface area contributed by atoms with E-state index in [0.29, 0.717) is 17.3 Å². The van der Waals surface area contributed by atoms with Crippen molar-refractivity contribution in [3.05, 3.63) is 30.1 Å². The quantitative estimate of drug-likeness (QED) is 0.896. The van der Waals surface area contributed by atoms with E-state index in [0.717, 1.165) is 16.8 Å². The van der Waals surface area contributed by atoms with E-state index in [-0.39, 0.29) is 0 Å². The Morgan fingerprint density at radius 1 is 1.11 bits per heavy atom. The molecular weight excluding hydrogens is 230 g/mol. The van der Waals surface area contributed by atoms with Crippen molar-refractivity contribution in [3.8, 4) is 22.8 Å². The van der Waals surface area contributed by atoms with Crippen LogP contribution in [0.25, 0.3) is 11.3 Å². The molecule has 2 aromatic rings. The molecule has 0 radical (unpaired) electrons. The Kier molecular flexibility index (Phi) is 3.32. The Morgan fingerprint density at radius 2 is 1.89 bits per heavy atom. The molecule has 1 aromatic heterocycles. The average Bonchev–Trinajstić information content (AvgIpc) is 2.41. The maximum Gasteiger partial charge on any atom is 0.170 e. The first-order valence-electron chi connectivity index (χ1n) is 5.47. The minimum atomic E-state index is 0.463. The minimum absolute atomic E-state index is 0.463. The number of nitrogen functional groups attached to an aromatic ring is 1. The number of benzene rings is 1. The molecule has 0 fully saturated rings. The smallest absolute Gasteiger partial charge is 0.170 e. The van der Waals surface area contributed by atoms with Crippen LogP contribution in [0.1, 0.15) is 5.56 Å². The monoisotopic (exact) mass is 245 g/mol. The van der Waals surface area contributed by atoms with E-state index < -0.39 is 0 Å². The van der Waals surface area contributed by atoms with E-state index in [1.165, 1.54) is 6.33 Å². The van der Waals surface area contributed by atoms with Crippen molar-refractivity contribution in [2.24, 2.45) is 0 Å². The van der Waals surface area contributed by atoms with Crippen LogP contribution < -0.4 is 15.2 Å². The lowest BCUT2D eigenvalue weighted by Gasteiger charge is -2.13. The second-order valence-corrected chi connectivity index (χ2v) is 3.77. The summed E-state index contributed by atoms with van der Waals surface area (Å²) >= 11 is 0. The van der Waals surface area contributed by atoms with Crippen LogP contribution in [0.5, 0.6) is 11.5 Å². The topological polar surface area (TPSA) is 70.3 Å². The van der Waals surface area contributed by atoms with Gasteiger partial charge < -0.3 is 15.2 Å². The molecule has 18 heavy (non-hydrogen) atoms. The fraction of sp³-hybridized carbons (Fsp3) is 0.231. The number of hydrogen-bond acceptors (Lipinski definition) is 5. The number of hydrogen-bond donors (Lipinski definition) is 1.